The van der Waals surface area contributed by atoms with E-state index in [9.17, 15) is 9.59 Å². The molecule has 2 rings (SSSR count). The van der Waals surface area contributed by atoms with E-state index >= 15 is 0 Å². The summed E-state index contributed by atoms with van der Waals surface area (Å²) in [6.07, 6.45) is -0.448. The quantitative estimate of drug-likeness (QED) is 0.838. The topological polar surface area (TPSA) is 77.1 Å². The number of carbonyl (C=O) groups is 2. The lowest BCUT2D eigenvalue weighted by Gasteiger charge is -2.13. The number of cyclic esters (lactones) is 1. The van der Waals surface area contributed by atoms with Crippen LogP contribution < -0.4 is 14.8 Å². The zero-order chi connectivity index (χ0) is 15.2. The van der Waals surface area contributed by atoms with Gasteiger partial charge in [0, 0.05) is 6.54 Å². The van der Waals surface area contributed by atoms with Gasteiger partial charge in [-0.15, -0.1) is 0 Å². The lowest BCUT2D eigenvalue weighted by Crippen LogP contribution is -2.37. The molecule has 7 heteroatoms. The molecule has 1 aliphatic heterocycles. The molecule has 1 N–H and O–H groups in total. The predicted molar refractivity (Wildman–Crippen MR) is 74.3 cm³/mol. The number of ether oxygens (including phenoxy) is 3. The van der Waals surface area contributed by atoms with Crippen LogP contribution in [0.2, 0.25) is 0 Å². The zero-order valence-corrected chi connectivity index (χ0v) is 12.0. The van der Waals surface area contributed by atoms with Gasteiger partial charge in [-0.2, -0.15) is 0 Å². The molecule has 1 saturated heterocycles. The van der Waals surface area contributed by atoms with Crippen molar-refractivity contribution in [2.75, 3.05) is 33.9 Å². The number of methoxy groups -OCH3 is 2. The number of amides is 2. The van der Waals surface area contributed by atoms with Gasteiger partial charge in [0.2, 0.25) is 5.91 Å². The molecule has 0 aromatic heterocycles. The van der Waals surface area contributed by atoms with Gasteiger partial charge >= 0.3 is 6.09 Å². The standard InChI is InChI=1S/C14H18N2O5/c1-19-11-4-3-10(7-12(11)20-2)8-15-13(17)9-16-5-6-21-14(16)18/h3-4,7H,5-6,8-9H2,1-2H3,(H,15,17). The molecule has 7 nitrogen and oxygen atoms in total. The van der Waals surface area contributed by atoms with Crippen molar-refractivity contribution in [1.29, 1.82) is 0 Å². The average molecular weight is 294 g/mol. The molecule has 114 valence electrons. The molecule has 21 heavy (non-hydrogen) atoms. The summed E-state index contributed by atoms with van der Waals surface area (Å²) in [6, 6.07) is 5.41. The summed E-state index contributed by atoms with van der Waals surface area (Å²) in [4.78, 5) is 24.4. The van der Waals surface area contributed by atoms with Gasteiger partial charge in [0.15, 0.2) is 11.5 Å². The minimum Gasteiger partial charge on any atom is -0.493 e. The lowest BCUT2D eigenvalue weighted by molar-refractivity contribution is -0.121. The summed E-state index contributed by atoms with van der Waals surface area (Å²) in [5.41, 5.74) is 0.880. The Hall–Kier alpha value is -2.44. The maximum absolute atomic E-state index is 11.8. The van der Waals surface area contributed by atoms with E-state index in [-0.39, 0.29) is 12.5 Å². The van der Waals surface area contributed by atoms with Crippen LogP contribution in [0.3, 0.4) is 0 Å². The van der Waals surface area contributed by atoms with Gasteiger partial charge in [0.25, 0.3) is 0 Å². The van der Waals surface area contributed by atoms with Crippen LogP contribution in [0.5, 0.6) is 11.5 Å². The lowest BCUT2D eigenvalue weighted by atomic mass is 10.2. The first-order chi connectivity index (χ1) is 10.1. The number of hydrogen-bond acceptors (Lipinski definition) is 5. The van der Waals surface area contributed by atoms with Crippen LogP contribution in [-0.4, -0.2) is 50.8 Å². The predicted octanol–water partition coefficient (Wildman–Crippen LogP) is 0.772. The zero-order valence-electron chi connectivity index (χ0n) is 12.0. The first-order valence-electron chi connectivity index (χ1n) is 6.53. The third-order valence-electron chi connectivity index (χ3n) is 3.12. The highest BCUT2D eigenvalue weighted by Crippen LogP contribution is 2.27. The van der Waals surface area contributed by atoms with E-state index in [0.29, 0.717) is 31.2 Å². The third kappa shape index (κ3) is 3.77. The van der Waals surface area contributed by atoms with Crippen LogP contribution >= 0.6 is 0 Å². The Balaban J connectivity index is 1.87. The minimum atomic E-state index is -0.448. The average Bonchev–Trinajstić information content (AvgIpc) is 2.90. The smallest absolute Gasteiger partial charge is 0.410 e. The summed E-state index contributed by atoms with van der Waals surface area (Å²) in [7, 11) is 3.12. The van der Waals surface area contributed by atoms with Crippen LogP contribution in [0.25, 0.3) is 0 Å². The molecule has 0 bridgehead atoms. The fraction of sp³-hybridized carbons (Fsp3) is 0.429. The van der Waals surface area contributed by atoms with E-state index in [4.69, 9.17) is 14.2 Å². The monoisotopic (exact) mass is 294 g/mol. The highest BCUT2D eigenvalue weighted by Gasteiger charge is 2.23. The number of hydrogen-bond donors (Lipinski definition) is 1. The fourth-order valence-electron chi connectivity index (χ4n) is 1.99. The molecular weight excluding hydrogens is 276 g/mol. The van der Waals surface area contributed by atoms with Crippen LogP contribution in [0.15, 0.2) is 18.2 Å². The molecule has 1 heterocycles. The van der Waals surface area contributed by atoms with Gasteiger partial charge < -0.3 is 19.5 Å². The first kappa shape index (κ1) is 15.0. The molecule has 1 aliphatic rings. The largest absolute Gasteiger partial charge is 0.493 e. The van der Waals surface area contributed by atoms with Crippen molar-refractivity contribution in [2.45, 2.75) is 6.54 Å². The van der Waals surface area contributed by atoms with Gasteiger partial charge in [-0.25, -0.2) is 4.79 Å². The van der Waals surface area contributed by atoms with Crippen molar-refractivity contribution in [2.24, 2.45) is 0 Å². The number of carbonyl (C=O) groups excluding carboxylic acids is 2. The van der Waals surface area contributed by atoms with Crippen LogP contribution in [-0.2, 0) is 16.1 Å². The summed E-state index contributed by atoms with van der Waals surface area (Å²) < 4.78 is 15.1. The van der Waals surface area contributed by atoms with Gasteiger partial charge in [0.05, 0.1) is 20.8 Å². The minimum absolute atomic E-state index is 0.00607. The van der Waals surface area contributed by atoms with Crippen molar-refractivity contribution >= 4 is 12.0 Å². The van der Waals surface area contributed by atoms with Gasteiger partial charge in [-0.05, 0) is 17.7 Å². The maximum atomic E-state index is 11.8. The van der Waals surface area contributed by atoms with Crippen LogP contribution in [0, 0.1) is 0 Å². The van der Waals surface area contributed by atoms with Gasteiger partial charge in [0.1, 0.15) is 13.2 Å². The fourth-order valence-corrected chi connectivity index (χ4v) is 1.99. The number of rotatable bonds is 6. The summed E-state index contributed by atoms with van der Waals surface area (Å²) in [6.45, 7) is 1.14. The molecule has 0 aliphatic carbocycles. The van der Waals surface area contributed by atoms with E-state index in [2.05, 4.69) is 5.32 Å². The molecule has 0 spiro atoms. The summed E-state index contributed by atoms with van der Waals surface area (Å²) >= 11 is 0. The van der Waals surface area contributed by atoms with E-state index in [0.717, 1.165) is 5.56 Å². The number of benzene rings is 1. The Labute approximate surface area is 122 Å². The molecule has 2 amide bonds. The Bertz CT molecular complexity index is 532. The molecule has 0 atom stereocenters. The molecule has 1 fully saturated rings. The van der Waals surface area contributed by atoms with Crippen molar-refractivity contribution in [3.05, 3.63) is 23.8 Å². The van der Waals surface area contributed by atoms with Crippen molar-refractivity contribution < 1.29 is 23.8 Å². The SMILES string of the molecule is COc1ccc(CNC(=O)CN2CCOC2=O)cc1OC. The van der Waals surface area contributed by atoms with Gasteiger partial charge in [-0.3, -0.25) is 9.69 Å². The maximum Gasteiger partial charge on any atom is 0.410 e. The van der Waals surface area contributed by atoms with Gasteiger partial charge in [-0.1, -0.05) is 6.07 Å². The van der Waals surface area contributed by atoms with Crippen molar-refractivity contribution in [3.63, 3.8) is 0 Å². The van der Waals surface area contributed by atoms with E-state index < -0.39 is 6.09 Å². The Morgan fingerprint density at radius 1 is 1.33 bits per heavy atom. The van der Waals surface area contributed by atoms with Crippen molar-refractivity contribution in [3.8, 4) is 11.5 Å². The highest BCUT2D eigenvalue weighted by atomic mass is 16.6. The van der Waals surface area contributed by atoms with E-state index in [1.807, 2.05) is 6.07 Å². The molecular formula is C14H18N2O5. The molecule has 0 saturated carbocycles. The normalized spacial score (nSPS) is 13.8. The Morgan fingerprint density at radius 3 is 2.71 bits per heavy atom. The van der Waals surface area contributed by atoms with Crippen molar-refractivity contribution in [1.82, 2.24) is 10.2 Å². The molecule has 1 aromatic carbocycles. The van der Waals surface area contributed by atoms with E-state index in [1.165, 1.54) is 4.90 Å². The van der Waals surface area contributed by atoms with Crippen LogP contribution in [0.1, 0.15) is 5.56 Å². The molecule has 1 aromatic rings. The summed E-state index contributed by atoms with van der Waals surface area (Å²) in [5.74, 6) is 1.00. The number of nitrogens with one attached hydrogen (secondary N) is 1. The second-order valence-corrected chi connectivity index (χ2v) is 4.50. The highest BCUT2D eigenvalue weighted by molar-refractivity contribution is 5.82. The molecule has 0 radical (unpaired) electrons. The van der Waals surface area contributed by atoms with E-state index in [1.54, 1.807) is 26.4 Å². The Morgan fingerprint density at radius 2 is 2.10 bits per heavy atom. The molecule has 0 unspecified atom stereocenters. The third-order valence-corrected chi connectivity index (χ3v) is 3.12. The second kappa shape index (κ2) is 6.83. The second-order valence-electron chi connectivity index (χ2n) is 4.50. The van der Waals surface area contributed by atoms with Crippen LogP contribution in [0.4, 0.5) is 4.79 Å². The first-order valence-corrected chi connectivity index (χ1v) is 6.53. The Kier molecular flexibility index (Phi) is 4.86. The summed E-state index contributed by atoms with van der Waals surface area (Å²) in [5, 5.41) is 2.75. The number of nitrogens with zero attached hydrogens (tertiary/aromatic N) is 1.